The second-order valence-corrected chi connectivity index (χ2v) is 6.58. The van der Waals surface area contributed by atoms with Crippen LogP contribution in [0.3, 0.4) is 0 Å². The molecule has 1 unspecified atom stereocenters. The SMILES string of the molecule is CC1CC=Cc2c1ccc1c3ccccc3n(C)c21.CCCC. The van der Waals surface area contributed by atoms with Crippen molar-refractivity contribution < 1.29 is 0 Å². The third-order valence-corrected chi connectivity index (χ3v) is 4.95. The largest absolute Gasteiger partial charge is 0.343 e. The van der Waals surface area contributed by atoms with Crippen LogP contribution in [0.5, 0.6) is 0 Å². The number of allylic oxidation sites excluding steroid dienone is 1. The van der Waals surface area contributed by atoms with Crippen LogP contribution in [0.25, 0.3) is 27.9 Å². The van der Waals surface area contributed by atoms with Crippen LogP contribution in [0.4, 0.5) is 0 Å². The molecule has 23 heavy (non-hydrogen) atoms. The molecule has 1 nitrogen and oxygen atoms in total. The van der Waals surface area contributed by atoms with Gasteiger partial charge in [0.2, 0.25) is 0 Å². The summed E-state index contributed by atoms with van der Waals surface area (Å²) in [4.78, 5) is 0. The van der Waals surface area contributed by atoms with Gasteiger partial charge in [0.1, 0.15) is 0 Å². The number of fused-ring (bicyclic) bond motifs is 5. The molecule has 1 aliphatic rings. The van der Waals surface area contributed by atoms with Crippen LogP contribution in [0.2, 0.25) is 0 Å². The van der Waals surface area contributed by atoms with Crippen LogP contribution in [-0.4, -0.2) is 4.57 Å². The summed E-state index contributed by atoms with van der Waals surface area (Å²) in [5.74, 6) is 0.627. The first-order valence-corrected chi connectivity index (χ1v) is 8.85. The van der Waals surface area contributed by atoms with Gasteiger partial charge in [0.25, 0.3) is 0 Å². The lowest BCUT2D eigenvalue weighted by Gasteiger charge is -2.19. The standard InChI is InChI=1S/C18H17N.C4H10/c1-12-6-5-8-15-13(12)10-11-16-14-7-3-4-9-17(14)19(2)18(15)16;1-3-4-2/h3-5,7-12H,6H2,1-2H3;3-4H2,1-2H3. The smallest absolute Gasteiger partial charge is 0.0565 e. The third-order valence-electron chi connectivity index (χ3n) is 4.95. The highest BCUT2D eigenvalue weighted by Gasteiger charge is 2.18. The minimum absolute atomic E-state index is 0.627. The molecule has 0 aliphatic heterocycles. The molecule has 1 heterocycles. The number of nitrogens with zero attached hydrogens (tertiary/aromatic N) is 1. The maximum absolute atomic E-state index is 2.34. The van der Waals surface area contributed by atoms with E-state index in [1.165, 1.54) is 45.8 Å². The monoisotopic (exact) mass is 305 g/mol. The molecule has 4 rings (SSSR count). The second kappa shape index (κ2) is 6.62. The fraction of sp³-hybridized carbons (Fsp3) is 0.364. The Balaban J connectivity index is 0.000000354. The summed E-state index contributed by atoms with van der Waals surface area (Å²) >= 11 is 0. The molecule has 0 spiro atoms. The van der Waals surface area contributed by atoms with Gasteiger partial charge < -0.3 is 4.57 Å². The predicted molar refractivity (Wildman–Crippen MR) is 103 cm³/mol. The number of aryl methyl sites for hydroxylation is 1. The topological polar surface area (TPSA) is 4.93 Å². The molecule has 2 aromatic carbocycles. The number of aromatic nitrogens is 1. The van der Waals surface area contributed by atoms with Crippen molar-refractivity contribution in [2.45, 2.75) is 46.0 Å². The fourth-order valence-electron chi connectivity index (χ4n) is 3.44. The maximum Gasteiger partial charge on any atom is 0.0565 e. The normalized spacial score (nSPS) is 16.3. The van der Waals surface area contributed by atoms with Gasteiger partial charge in [-0.15, -0.1) is 0 Å². The van der Waals surface area contributed by atoms with E-state index in [9.17, 15) is 0 Å². The first kappa shape index (κ1) is 15.9. The number of hydrogen-bond acceptors (Lipinski definition) is 0. The van der Waals surface area contributed by atoms with Crippen molar-refractivity contribution in [3.63, 3.8) is 0 Å². The van der Waals surface area contributed by atoms with E-state index in [-0.39, 0.29) is 0 Å². The molecule has 1 atom stereocenters. The lowest BCUT2D eigenvalue weighted by molar-refractivity contribution is 0.772. The summed E-state index contributed by atoms with van der Waals surface area (Å²) in [7, 11) is 2.18. The van der Waals surface area contributed by atoms with Crippen LogP contribution in [0.1, 0.15) is 57.1 Å². The van der Waals surface area contributed by atoms with E-state index in [1.54, 1.807) is 0 Å². The van der Waals surface area contributed by atoms with E-state index < -0.39 is 0 Å². The molecule has 0 amide bonds. The molecular weight excluding hydrogens is 278 g/mol. The summed E-state index contributed by atoms with van der Waals surface area (Å²) in [5, 5.41) is 2.73. The zero-order valence-electron chi connectivity index (χ0n) is 14.8. The van der Waals surface area contributed by atoms with E-state index in [4.69, 9.17) is 0 Å². The lowest BCUT2D eigenvalue weighted by atomic mass is 9.87. The zero-order chi connectivity index (χ0) is 16.4. The van der Waals surface area contributed by atoms with Crippen molar-refractivity contribution in [2.75, 3.05) is 0 Å². The van der Waals surface area contributed by atoms with Gasteiger partial charge in [-0.3, -0.25) is 0 Å². The molecular formula is C22H27N. The van der Waals surface area contributed by atoms with Crippen molar-refractivity contribution in [3.05, 3.63) is 53.6 Å². The third kappa shape index (κ3) is 2.69. The molecule has 0 saturated heterocycles. The molecule has 0 radical (unpaired) electrons. The van der Waals surface area contributed by atoms with E-state index in [1.807, 2.05) is 0 Å². The summed E-state index contributed by atoms with van der Waals surface area (Å²) in [6.45, 7) is 6.68. The Bertz CT molecular complexity index is 849. The van der Waals surface area contributed by atoms with Gasteiger partial charge in [0.15, 0.2) is 0 Å². The van der Waals surface area contributed by atoms with E-state index in [2.05, 4.69) is 80.9 Å². The molecule has 3 aromatic rings. The Hall–Kier alpha value is -2.02. The quantitative estimate of drug-likeness (QED) is 0.474. The fourth-order valence-corrected chi connectivity index (χ4v) is 3.44. The lowest BCUT2D eigenvalue weighted by Crippen LogP contribution is -2.01. The molecule has 0 fully saturated rings. The predicted octanol–water partition coefficient (Wildman–Crippen LogP) is 6.66. The van der Waals surface area contributed by atoms with Crippen LogP contribution >= 0.6 is 0 Å². The molecule has 0 N–H and O–H groups in total. The molecule has 1 aliphatic carbocycles. The first-order valence-electron chi connectivity index (χ1n) is 8.85. The van der Waals surface area contributed by atoms with Gasteiger partial charge in [-0.1, -0.05) is 76.1 Å². The van der Waals surface area contributed by atoms with Gasteiger partial charge in [-0.2, -0.15) is 0 Å². The summed E-state index contributed by atoms with van der Waals surface area (Å²) in [6, 6.07) is 13.3. The first-order chi connectivity index (χ1) is 11.2. The zero-order valence-corrected chi connectivity index (χ0v) is 14.8. The van der Waals surface area contributed by atoms with Gasteiger partial charge in [-0.25, -0.2) is 0 Å². The molecule has 120 valence electrons. The average molecular weight is 305 g/mol. The highest BCUT2D eigenvalue weighted by atomic mass is 14.9. The van der Waals surface area contributed by atoms with Crippen LogP contribution in [0.15, 0.2) is 42.5 Å². The van der Waals surface area contributed by atoms with Crippen LogP contribution < -0.4 is 0 Å². The number of para-hydroxylation sites is 1. The Morgan fingerprint density at radius 1 is 1.00 bits per heavy atom. The van der Waals surface area contributed by atoms with Gasteiger partial charge in [-0.05, 0) is 24.0 Å². The summed E-state index contributed by atoms with van der Waals surface area (Å²) in [5.41, 5.74) is 5.59. The highest BCUT2D eigenvalue weighted by molar-refractivity contribution is 6.10. The number of rotatable bonds is 1. The van der Waals surface area contributed by atoms with Crippen LogP contribution in [-0.2, 0) is 7.05 Å². The average Bonchev–Trinajstić information content (AvgIpc) is 2.89. The van der Waals surface area contributed by atoms with Gasteiger partial charge in [0, 0.05) is 28.9 Å². The van der Waals surface area contributed by atoms with Gasteiger partial charge in [0.05, 0.1) is 5.52 Å². The Morgan fingerprint density at radius 3 is 2.48 bits per heavy atom. The highest BCUT2D eigenvalue weighted by Crippen LogP contribution is 2.38. The minimum atomic E-state index is 0.627. The minimum Gasteiger partial charge on any atom is -0.343 e. The second-order valence-electron chi connectivity index (χ2n) is 6.58. The number of benzene rings is 2. The molecule has 1 aromatic heterocycles. The van der Waals surface area contributed by atoms with Crippen molar-refractivity contribution in [1.82, 2.24) is 4.57 Å². The van der Waals surface area contributed by atoms with Crippen molar-refractivity contribution in [2.24, 2.45) is 7.05 Å². The maximum atomic E-state index is 2.34. The van der Waals surface area contributed by atoms with E-state index in [0.29, 0.717) is 5.92 Å². The van der Waals surface area contributed by atoms with Crippen molar-refractivity contribution >= 4 is 27.9 Å². The number of hydrogen-bond donors (Lipinski definition) is 0. The van der Waals surface area contributed by atoms with Crippen molar-refractivity contribution in [3.8, 4) is 0 Å². The van der Waals surface area contributed by atoms with Crippen molar-refractivity contribution in [1.29, 1.82) is 0 Å². The number of unbranched alkanes of at least 4 members (excludes halogenated alkanes) is 1. The molecule has 1 heteroatoms. The van der Waals surface area contributed by atoms with Gasteiger partial charge >= 0.3 is 0 Å². The summed E-state index contributed by atoms with van der Waals surface area (Å²) in [6.07, 6.45) is 8.41. The molecule has 0 bridgehead atoms. The Labute approximate surface area is 139 Å². The van der Waals surface area contributed by atoms with E-state index >= 15 is 0 Å². The van der Waals surface area contributed by atoms with Crippen LogP contribution in [0, 0.1) is 0 Å². The summed E-state index contributed by atoms with van der Waals surface area (Å²) < 4.78 is 2.34. The molecule has 0 saturated carbocycles. The Morgan fingerprint density at radius 2 is 1.74 bits per heavy atom. The van der Waals surface area contributed by atoms with E-state index in [0.717, 1.165) is 6.42 Å². The Kier molecular flexibility index (Phi) is 4.56.